The van der Waals surface area contributed by atoms with Crippen LogP contribution in [0.15, 0.2) is 53.6 Å². The molecule has 1 amide bonds. The Morgan fingerprint density at radius 3 is 2.56 bits per heavy atom. The van der Waals surface area contributed by atoms with Gasteiger partial charge in [-0.2, -0.15) is 5.10 Å². The minimum Gasteiger partial charge on any atom is -0.284 e. The average molecular weight is 389 g/mol. The number of hydrazone groups is 1. The molecule has 8 heteroatoms. The predicted molar refractivity (Wildman–Crippen MR) is 102 cm³/mol. The first-order valence-corrected chi connectivity index (χ1v) is 10.4. The van der Waals surface area contributed by atoms with Gasteiger partial charge in [-0.1, -0.05) is 31.2 Å². The number of nitrogens with zero attached hydrogens (tertiary/aromatic N) is 2. The van der Waals surface area contributed by atoms with Crippen molar-refractivity contribution in [1.82, 2.24) is 5.01 Å². The molecule has 1 atom stereocenters. The van der Waals surface area contributed by atoms with E-state index < -0.39 is 10.0 Å². The number of amides is 1. The third-order valence-electron chi connectivity index (χ3n) is 4.22. The minimum absolute atomic E-state index is 0.144. The first kappa shape index (κ1) is 19.0. The highest BCUT2D eigenvalue weighted by atomic mass is 32.2. The van der Waals surface area contributed by atoms with Crippen LogP contribution in [0.25, 0.3) is 0 Å². The lowest BCUT2D eigenvalue weighted by molar-refractivity contribution is -0.132. The van der Waals surface area contributed by atoms with Crippen molar-refractivity contribution in [1.29, 1.82) is 0 Å². The van der Waals surface area contributed by atoms with E-state index in [1.807, 2.05) is 0 Å². The van der Waals surface area contributed by atoms with Crippen molar-refractivity contribution >= 4 is 27.3 Å². The van der Waals surface area contributed by atoms with Gasteiger partial charge in [0.1, 0.15) is 5.82 Å². The molecular formula is C19H20FN3O3S. The van der Waals surface area contributed by atoms with Crippen molar-refractivity contribution in [2.24, 2.45) is 5.10 Å². The SMILES string of the molecule is CCC(=O)N1N=C(c2ccc(NS(C)(=O)=O)cc2)C[C@H]1c1cccc(F)c1. The quantitative estimate of drug-likeness (QED) is 0.852. The van der Waals surface area contributed by atoms with Crippen LogP contribution in [-0.4, -0.2) is 31.3 Å². The van der Waals surface area contributed by atoms with Crippen LogP contribution < -0.4 is 4.72 Å². The predicted octanol–water partition coefficient (Wildman–Crippen LogP) is 3.28. The first-order chi connectivity index (χ1) is 12.8. The molecule has 0 aliphatic carbocycles. The van der Waals surface area contributed by atoms with E-state index in [1.54, 1.807) is 43.3 Å². The number of nitrogens with one attached hydrogen (secondary N) is 1. The molecule has 142 valence electrons. The Bertz CT molecular complexity index is 988. The fraction of sp³-hybridized carbons (Fsp3) is 0.263. The maximum atomic E-state index is 13.6. The molecule has 6 nitrogen and oxygen atoms in total. The lowest BCUT2D eigenvalue weighted by atomic mass is 9.98. The molecule has 27 heavy (non-hydrogen) atoms. The van der Waals surface area contributed by atoms with Gasteiger partial charge in [0, 0.05) is 18.5 Å². The summed E-state index contributed by atoms with van der Waals surface area (Å²) in [6.45, 7) is 1.75. The van der Waals surface area contributed by atoms with E-state index in [2.05, 4.69) is 9.82 Å². The molecule has 0 saturated heterocycles. The zero-order chi connectivity index (χ0) is 19.6. The highest BCUT2D eigenvalue weighted by Gasteiger charge is 2.32. The van der Waals surface area contributed by atoms with E-state index in [9.17, 15) is 17.6 Å². The van der Waals surface area contributed by atoms with Crippen molar-refractivity contribution in [3.8, 4) is 0 Å². The molecule has 0 bridgehead atoms. The van der Waals surface area contributed by atoms with E-state index in [4.69, 9.17) is 0 Å². The zero-order valence-corrected chi connectivity index (χ0v) is 15.8. The molecule has 1 aliphatic heterocycles. The molecule has 0 aromatic heterocycles. The molecule has 0 radical (unpaired) electrons. The summed E-state index contributed by atoms with van der Waals surface area (Å²) < 4.78 is 38.7. The summed E-state index contributed by atoms with van der Waals surface area (Å²) in [5.74, 6) is -0.504. The van der Waals surface area contributed by atoms with Crippen molar-refractivity contribution in [3.05, 3.63) is 65.5 Å². The number of sulfonamides is 1. The van der Waals surface area contributed by atoms with Gasteiger partial charge in [0.25, 0.3) is 0 Å². The maximum absolute atomic E-state index is 13.6. The molecule has 0 saturated carbocycles. The largest absolute Gasteiger partial charge is 0.284 e. The van der Waals surface area contributed by atoms with Gasteiger partial charge in [-0.05, 0) is 35.4 Å². The van der Waals surface area contributed by atoms with E-state index in [0.29, 0.717) is 29.8 Å². The fourth-order valence-electron chi connectivity index (χ4n) is 2.99. The molecular weight excluding hydrogens is 369 g/mol. The second kappa shape index (κ2) is 7.48. The van der Waals surface area contributed by atoms with E-state index in [-0.39, 0.29) is 17.8 Å². The summed E-state index contributed by atoms with van der Waals surface area (Å²) in [5.41, 5.74) is 2.60. The number of rotatable bonds is 5. The van der Waals surface area contributed by atoms with Crippen LogP contribution in [0.3, 0.4) is 0 Å². The number of halogens is 1. The Balaban J connectivity index is 1.89. The lowest BCUT2D eigenvalue weighted by Gasteiger charge is -2.21. The second-order valence-electron chi connectivity index (χ2n) is 6.37. The van der Waals surface area contributed by atoms with Gasteiger partial charge in [-0.3, -0.25) is 9.52 Å². The number of carbonyl (C=O) groups is 1. The molecule has 2 aromatic carbocycles. The number of carbonyl (C=O) groups excluding carboxylic acids is 1. The summed E-state index contributed by atoms with van der Waals surface area (Å²) in [6.07, 6.45) is 1.83. The molecule has 1 heterocycles. The van der Waals surface area contributed by atoms with Crippen LogP contribution in [0.5, 0.6) is 0 Å². The van der Waals surface area contributed by atoms with Crippen LogP contribution in [0.4, 0.5) is 10.1 Å². The molecule has 2 aromatic rings. The number of hydrogen-bond donors (Lipinski definition) is 1. The van der Waals surface area contributed by atoms with Gasteiger partial charge in [0.15, 0.2) is 0 Å². The topological polar surface area (TPSA) is 78.8 Å². The highest BCUT2D eigenvalue weighted by molar-refractivity contribution is 7.92. The standard InChI is InChI=1S/C19H20FN3O3S/c1-3-19(24)23-18(14-5-4-6-15(20)11-14)12-17(21-23)13-7-9-16(10-8-13)22-27(2,25)26/h4-11,18,22H,3,12H2,1-2H3/t18-/m0/s1. The van der Waals surface area contributed by atoms with Gasteiger partial charge < -0.3 is 0 Å². The Morgan fingerprint density at radius 2 is 1.96 bits per heavy atom. The molecule has 1 N–H and O–H groups in total. The van der Waals surface area contributed by atoms with Gasteiger partial charge >= 0.3 is 0 Å². The summed E-state index contributed by atoms with van der Waals surface area (Å²) in [4.78, 5) is 12.3. The van der Waals surface area contributed by atoms with Crippen LogP contribution in [0.2, 0.25) is 0 Å². The summed E-state index contributed by atoms with van der Waals surface area (Å²) in [6, 6.07) is 12.6. The Labute approximate surface area is 157 Å². The molecule has 0 spiro atoms. The Kier molecular flexibility index (Phi) is 5.27. The zero-order valence-electron chi connectivity index (χ0n) is 15.0. The van der Waals surface area contributed by atoms with Crippen LogP contribution in [-0.2, 0) is 14.8 Å². The molecule has 1 aliphatic rings. The van der Waals surface area contributed by atoms with Crippen molar-refractivity contribution in [2.45, 2.75) is 25.8 Å². The van der Waals surface area contributed by atoms with Gasteiger partial charge in [0.2, 0.25) is 15.9 Å². The van der Waals surface area contributed by atoms with Crippen LogP contribution in [0, 0.1) is 5.82 Å². The number of hydrogen-bond acceptors (Lipinski definition) is 4. The third-order valence-corrected chi connectivity index (χ3v) is 4.83. The second-order valence-corrected chi connectivity index (χ2v) is 8.11. The highest BCUT2D eigenvalue weighted by Crippen LogP contribution is 2.33. The Hall–Kier alpha value is -2.74. The normalized spacial score (nSPS) is 16.9. The van der Waals surface area contributed by atoms with E-state index in [1.165, 1.54) is 17.1 Å². The molecule has 0 unspecified atom stereocenters. The van der Waals surface area contributed by atoms with E-state index in [0.717, 1.165) is 11.8 Å². The Morgan fingerprint density at radius 1 is 1.26 bits per heavy atom. The van der Waals surface area contributed by atoms with Crippen LogP contribution >= 0.6 is 0 Å². The monoisotopic (exact) mass is 389 g/mol. The lowest BCUT2D eigenvalue weighted by Crippen LogP contribution is -2.26. The molecule has 3 rings (SSSR count). The van der Waals surface area contributed by atoms with Gasteiger partial charge in [-0.25, -0.2) is 17.8 Å². The van der Waals surface area contributed by atoms with Gasteiger partial charge in [-0.15, -0.1) is 0 Å². The molecule has 0 fully saturated rings. The first-order valence-electron chi connectivity index (χ1n) is 8.50. The minimum atomic E-state index is -3.35. The number of benzene rings is 2. The maximum Gasteiger partial charge on any atom is 0.242 e. The van der Waals surface area contributed by atoms with E-state index >= 15 is 0 Å². The van der Waals surface area contributed by atoms with Crippen molar-refractivity contribution < 1.29 is 17.6 Å². The average Bonchev–Trinajstić information content (AvgIpc) is 3.06. The van der Waals surface area contributed by atoms with Crippen LogP contribution in [0.1, 0.15) is 36.9 Å². The third kappa shape index (κ3) is 4.51. The smallest absolute Gasteiger partial charge is 0.242 e. The fourth-order valence-corrected chi connectivity index (χ4v) is 3.56. The van der Waals surface area contributed by atoms with Crippen molar-refractivity contribution in [2.75, 3.05) is 11.0 Å². The van der Waals surface area contributed by atoms with Gasteiger partial charge in [0.05, 0.1) is 18.0 Å². The number of anilines is 1. The summed E-state index contributed by atoms with van der Waals surface area (Å²) in [7, 11) is -3.35. The summed E-state index contributed by atoms with van der Waals surface area (Å²) >= 11 is 0. The van der Waals surface area contributed by atoms with Crippen molar-refractivity contribution in [3.63, 3.8) is 0 Å². The summed E-state index contributed by atoms with van der Waals surface area (Å²) in [5, 5.41) is 5.87.